The topological polar surface area (TPSA) is 39.4 Å². The summed E-state index contributed by atoms with van der Waals surface area (Å²) in [6.07, 6.45) is 1.60. The van der Waals surface area contributed by atoms with Crippen molar-refractivity contribution in [1.29, 1.82) is 0 Å². The van der Waals surface area contributed by atoms with Crippen LogP contribution in [0.25, 0.3) is 0 Å². The first-order valence-corrected chi connectivity index (χ1v) is 7.29. The van der Waals surface area contributed by atoms with E-state index in [1.165, 1.54) is 4.90 Å². The van der Waals surface area contributed by atoms with Crippen LogP contribution in [-0.4, -0.2) is 43.5 Å². The Morgan fingerprint density at radius 2 is 2.11 bits per heavy atom. The van der Waals surface area contributed by atoms with E-state index < -0.39 is 0 Å². The molecule has 1 saturated heterocycles. The first-order chi connectivity index (χ1) is 8.68. The molecular formula is C13H20N2O2S. The summed E-state index contributed by atoms with van der Waals surface area (Å²) in [6, 6.07) is 1.92. The van der Waals surface area contributed by atoms with E-state index in [9.17, 15) is 5.21 Å². The maximum Gasteiger partial charge on any atom is 0.193 e. The molecule has 2 heterocycles. The second-order valence-corrected chi connectivity index (χ2v) is 5.66. The van der Waals surface area contributed by atoms with Gasteiger partial charge in [0, 0.05) is 48.8 Å². The lowest BCUT2D eigenvalue weighted by molar-refractivity contribution is -0.613. The van der Waals surface area contributed by atoms with E-state index in [2.05, 4.69) is 4.90 Å². The van der Waals surface area contributed by atoms with Gasteiger partial charge in [-0.15, -0.1) is 11.8 Å². The van der Waals surface area contributed by atoms with Crippen molar-refractivity contribution < 1.29 is 9.47 Å². The molecule has 0 aromatic carbocycles. The average Bonchev–Trinajstić information content (AvgIpc) is 2.40. The molecular weight excluding hydrogens is 248 g/mol. The number of rotatable bonds is 4. The van der Waals surface area contributed by atoms with Gasteiger partial charge in [0.2, 0.25) is 0 Å². The molecule has 0 atom stereocenters. The van der Waals surface area contributed by atoms with Gasteiger partial charge in [0.1, 0.15) is 0 Å². The van der Waals surface area contributed by atoms with Crippen molar-refractivity contribution in [2.75, 3.05) is 38.6 Å². The fourth-order valence-corrected chi connectivity index (χ4v) is 3.07. The monoisotopic (exact) mass is 268 g/mol. The van der Waals surface area contributed by atoms with Crippen LogP contribution in [0.15, 0.2) is 17.2 Å². The minimum atomic E-state index is 0.798. The predicted octanol–water partition coefficient (Wildman–Crippen LogP) is 1.36. The van der Waals surface area contributed by atoms with Crippen LogP contribution in [0.5, 0.6) is 0 Å². The van der Waals surface area contributed by atoms with Gasteiger partial charge in [-0.25, -0.2) is 0 Å². The zero-order valence-electron chi connectivity index (χ0n) is 11.0. The Balaban J connectivity index is 1.84. The maximum absolute atomic E-state index is 11.4. The van der Waals surface area contributed by atoms with Gasteiger partial charge in [-0.3, -0.25) is 4.90 Å². The molecule has 0 bridgehead atoms. The molecule has 1 fully saturated rings. The summed E-state index contributed by atoms with van der Waals surface area (Å²) in [5.74, 6) is 1.06. The molecule has 1 aromatic heterocycles. The average molecular weight is 268 g/mol. The molecule has 1 aromatic rings. The van der Waals surface area contributed by atoms with Gasteiger partial charge in [-0.05, 0) is 6.92 Å². The lowest BCUT2D eigenvalue weighted by Gasteiger charge is -2.26. The van der Waals surface area contributed by atoms with E-state index in [4.69, 9.17) is 4.74 Å². The number of aromatic nitrogens is 1. The summed E-state index contributed by atoms with van der Waals surface area (Å²) >= 11 is 1.83. The van der Waals surface area contributed by atoms with Crippen molar-refractivity contribution in [2.45, 2.75) is 18.7 Å². The molecule has 0 aliphatic carbocycles. The predicted molar refractivity (Wildman–Crippen MR) is 72.9 cm³/mol. The molecule has 18 heavy (non-hydrogen) atoms. The number of hydrogen-bond donors (Lipinski definition) is 0. The normalized spacial score (nSPS) is 17.0. The lowest BCUT2D eigenvalue weighted by Crippen LogP contribution is -2.37. The van der Waals surface area contributed by atoms with Crippen molar-refractivity contribution in [2.24, 2.45) is 0 Å². The van der Waals surface area contributed by atoms with Crippen LogP contribution < -0.4 is 4.73 Å². The first-order valence-electron chi connectivity index (χ1n) is 6.31. The van der Waals surface area contributed by atoms with E-state index in [0.29, 0.717) is 0 Å². The van der Waals surface area contributed by atoms with Crippen molar-refractivity contribution in [3.05, 3.63) is 28.7 Å². The smallest absolute Gasteiger partial charge is 0.193 e. The van der Waals surface area contributed by atoms with E-state index in [0.717, 1.165) is 54.6 Å². The van der Waals surface area contributed by atoms with Crippen LogP contribution in [0.1, 0.15) is 11.3 Å². The van der Waals surface area contributed by atoms with Gasteiger partial charge in [-0.1, -0.05) is 0 Å². The zero-order chi connectivity index (χ0) is 13.0. The summed E-state index contributed by atoms with van der Waals surface area (Å²) in [5.41, 5.74) is 1.89. The largest absolute Gasteiger partial charge is 0.619 e. The molecule has 0 amide bonds. The first kappa shape index (κ1) is 13.6. The SMILES string of the molecule is Cc1c(SCCN2CCOCC2)cc[n+]([O-])c1C. The van der Waals surface area contributed by atoms with Gasteiger partial charge >= 0.3 is 0 Å². The Labute approximate surface area is 113 Å². The lowest BCUT2D eigenvalue weighted by atomic mass is 10.2. The van der Waals surface area contributed by atoms with Gasteiger partial charge in [0.05, 0.1) is 13.2 Å². The quantitative estimate of drug-likeness (QED) is 0.469. The maximum atomic E-state index is 11.4. The summed E-state index contributed by atoms with van der Waals surface area (Å²) in [5, 5.41) is 11.4. The molecule has 0 radical (unpaired) electrons. The Morgan fingerprint density at radius 3 is 2.83 bits per heavy atom. The molecule has 5 heteroatoms. The van der Waals surface area contributed by atoms with E-state index in [1.54, 1.807) is 6.20 Å². The summed E-state index contributed by atoms with van der Waals surface area (Å²) in [4.78, 5) is 3.64. The fraction of sp³-hybridized carbons (Fsp3) is 0.615. The van der Waals surface area contributed by atoms with Crippen molar-refractivity contribution >= 4 is 11.8 Å². The third-order valence-electron chi connectivity index (χ3n) is 3.37. The molecule has 0 saturated carbocycles. The minimum Gasteiger partial charge on any atom is -0.619 e. The molecule has 0 N–H and O–H groups in total. The Hall–Kier alpha value is -0.780. The number of morpholine rings is 1. The number of pyridine rings is 1. The van der Waals surface area contributed by atoms with E-state index in [-0.39, 0.29) is 0 Å². The number of hydrogen-bond acceptors (Lipinski definition) is 4. The van der Waals surface area contributed by atoms with Crippen LogP contribution in [-0.2, 0) is 4.74 Å². The third kappa shape index (κ3) is 3.37. The van der Waals surface area contributed by atoms with Crippen molar-refractivity contribution in [3.8, 4) is 0 Å². The van der Waals surface area contributed by atoms with Crippen LogP contribution in [0.2, 0.25) is 0 Å². The Morgan fingerprint density at radius 1 is 1.39 bits per heavy atom. The Bertz CT molecular complexity index is 406. The van der Waals surface area contributed by atoms with Crippen LogP contribution >= 0.6 is 11.8 Å². The Kier molecular flexibility index (Phi) is 4.86. The third-order valence-corrected chi connectivity index (χ3v) is 4.51. The summed E-state index contributed by atoms with van der Waals surface area (Å²) in [6.45, 7) is 8.74. The summed E-state index contributed by atoms with van der Waals surface area (Å²) in [7, 11) is 0. The zero-order valence-corrected chi connectivity index (χ0v) is 11.8. The number of thioether (sulfide) groups is 1. The van der Waals surface area contributed by atoms with Gasteiger partial charge in [0.15, 0.2) is 11.9 Å². The van der Waals surface area contributed by atoms with Gasteiger partial charge < -0.3 is 9.94 Å². The molecule has 1 aliphatic rings. The van der Waals surface area contributed by atoms with Crippen molar-refractivity contribution in [1.82, 2.24) is 4.90 Å². The second-order valence-electron chi connectivity index (χ2n) is 4.52. The summed E-state index contributed by atoms with van der Waals surface area (Å²) < 4.78 is 6.26. The highest BCUT2D eigenvalue weighted by molar-refractivity contribution is 7.99. The van der Waals surface area contributed by atoms with Crippen LogP contribution in [0.4, 0.5) is 0 Å². The van der Waals surface area contributed by atoms with E-state index >= 15 is 0 Å². The minimum absolute atomic E-state index is 0.798. The molecule has 0 spiro atoms. The molecule has 0 unspecified atom stereocenters. The molecule has 4 nitrogen and oxygen atoms in total. The standard InChI is InChI=1S/C13H20N2O2S/c1-11-12(2)15(16)4-3-13(11)18-10-7-14-5-8-17-9-6-14/h3-4H,5-10H2,1-2H3. The molecule has 1 aliphatic heterocycles. The van der Waals surface area contributed by atoms with Crippen molar-refractivity contribution in [3.63, 3.8) is 0 Å². The molecule has 2 rings (SSSR count). The van der Waals surface area contributed by atoms with Gasteiger partial charge in [-0.2, -0.15) is 4.73 Å². The van der Waals surface area contributed by atoms with Crippen LogP contribution in [0.3, 0.4) is 0 Å². The van der Waals surface area contributed by atoms with Gasteiger partial charge in [0.25, 0.3) is 0 Å². The fourth-order valence-electron chi connectivity index (χ4n) is 1.98. The number of ether oxygens (including phenoxy) is 1. The van der Waals surface area contributed by atoms with E-state index in [1.807, 2.05) is 31.7 Å². The highest BCUT2D eigenvalue weighted by atomic mass is 32.2. The second kappa shape index (κ2) is 6.41. The van der Waals surface area contributed by atoms with Crippen LogP contribution in [0, 0.1) is 19.1 Å². The highest BCUT2D eigenvalue weighted by Gasteiger charge is 2.12. The number of nitrogens with zero attached hydrogens (tertiary/aromatic N) is 2. The highest BCUT2D eigenvalue weighted by Crippen LogP contribution is 2.22. The molecule has 100 valence electrons.